The molecule has 0 rings (SSSR count). The minimum Gasteiger partial charge on any atom is -0.270 e. The molecule has 0 radical (unpaired) electrons. The molecular formula is C7H13F2NSi. The second-order valence-electron chi connectivity index (χ2n) is 2.89. The molecule has 0 saturated carbocycles. The number of nitrogens with zero attached hydrogens (tertiary/aromatic N) is 1. The fourth-order valence-electron chi connectivity index (χ4n) is 0.910. The fourth-order valence-corrected chi connectivity index (χ4v) is 1.93. The maximum absolute atomic E-state index is 12.7. The molecule has 64 valence electrons. The Morgan fingerprint density at radius 3 is 2.09 bits per heavy atom. The van der Waals surface area contributed by atoms with Gasteiger partial charge in [0.2, 0.25) is 0 Å². The van der Waals surface area contributed by atoms with E-state index in [1.807, 2.05) is 6.07 Å². The van der Waals surface area contributed by atoms with Gasteiger partial charge in [-0.2, -0.15) is 5.26 Å². The highest BCUT2D eigenvalue weighted by molar-refractivity contribution is 6.66. The summed E-state index contributed by atoms with van der Waals surface area (Å²) in [6.07, 6.45) is 0.522. The predicted molar refractivity (Wildman–Crippen MR) is 42.7 cm³/mol. The van der Waals surface area contributed by atoms with E-state index in [0.717, 1.165) is 6.55 Å². The monoisotopic (exact) mass is 177 g/mol. The normalized spacial score (nSPS) is 17.1. The van der Waals surface area contributed by atoms with Crippen LogP contribution in [0.15, 0.2) is 0 Å². The van der Waals surface area contributed by atoms with E-state index in [2.05, 4.69) is 0 Å². The van der Waals surface area contributed by atoms with Crippen molar-refractivity contribution in [2.24, 2.45) is 5.92 Å². The molecule has 2 atom stereocenters. The maximum atomic E-state index is 12.7. The predicted octanol–water partition coefficient (Wildman–Crippen LogP) is 2.94. The molecule has 0 aromatic rings. The molecule has 4 heteroatoms. The van der Waals surface area contributed by atoms with E-state index in [1.165, 1.54) is 6.92 Å². The SMILES string of the molecule is CCC(C#N)C(C)[Si](C)(F)F. The second-order valence-corrected chi connectivity index (χ2v) is 5.71. The third-order valence-corrected chi connectivity index (χ3v) is 4.01. The van der Waals surface area contributed by atoms with Gasteiger partial charge in [-0.1, -0.05) is 13.8 Å². The number of halogens is 2. The molecule has 1 nitrogen and oxygen atoms in total. The summed E-state index contributed by atoms with van der Waals surface area (Å²) in [5.74, 6) is -0.471. The van der Waals surface area contributed by atoms with Crippen LogP contribution in [0.3, 0.4) is 0 Å². The highest BCUT2D eigenvalue weighted by Crippen LogP contribution is 2.32. The molecule has 0 saturated heterocycles. The summed E-state index contributed by atoms with van der Waals surface area (Å²) in [5.41, 5.74) is -0.711. The third kappa shape index (κ3) is 2.98. The molecule has 0 aromatic carbocycles. The van der Waals surface area contributed by atoms with Crippen molar-refractivity contribution in [1.82, 2.24) is 0 Å². The standard InChI is InChI=1S/C7H13F2NSi/c1-4-7(5-10)6(2)11(3,8)9/h6-7H,4H2,1-3H3. The fraction of sp³-hybridized carbons (Fsp3) is 0.857. The van der Waals surface area contributed by atoms with Gasteiger partial charge in [0, 0.05) is 5.54 Å². The number of rotatable bonds is 3. The lowest BCUT2D eigenvalue weighted by Gasteiger charge is -2.19. The van der Waals surface area contributed by atoms with Crippen LogP contribution in [-0.4, -0.2) is 8.74 Å². The van der Waals surface area contributed by atoms with Crippen molar-refractivity contribution in [2.45, 2.75) is 32.4 Å². The highest BCUT2D eigenvalue weighted by Gasteiger charge is 2.40. The minimum absolute atomic E-state index is 0.471. The summed E-state index contributed by atoms with van der Waals surface area (Å²) in [6, 6.07) is 1.91. The van der Waals surface area contributed by atoms with Gasteiger partial charge in [-0.3, -0.25) is 8.22 Å². The Hall–Kier alpha value is -0.433. The lowest BCUT2D eigenvalue weighted by molar-refractivity contribution is 0.497. The second kappa shape index (κ2) is 3.81. The Balaban J connectivity index is 4.24. The van der Waals surface area contributed by atoms with E-state index in [1.54, 1.807) is 6.92 Å². The number of hydrogen-bond acceptors (Lipinski definition) is 1. The molecule has 0 aliphatic carbocycles. The number of nitriles is 1. The van der Waals surface area contributed by atoms with Crippen molar-refractivity contribution < 1.29 is 8.22 Å². The van der Waals surface area contributed by atoms with Crippen molar-refractivity contribution in [1.29, 1.82) is 5.26 Å². The lowest BCUT2D eigenvalue weighted by atomic mass is 10.1. The first-order chi connectivity index (χ1) is 4.93. The van der Waals surface area contributed by atoms with Gasteiger partial charge >= 0.3 is 8.74 Å². The molecule has 11 heavy (non-hydrogen) atoms. The minimum atomic E-state index is -4.09. The Morgan fingerprint density at radius 1 is 1.55 bits per heavy atom. The van der Waals surface area contributed by atoms with E-state index >= 15 is 0 Å². The van der Waals surface area contributed by atoms with Gasteiger partial charge in [0.05, 0.1) is 12.0 Å². The lowest BCUT2D eigenvalue weighted by Crippen LogP contribution is -2.28. The largest absolute Gasteiger partial charge is 0.426 e. The van der Waals surface area contributed by atoms with Crippen LogP contribution in [-0.2, 0) is 0 Å². The van der Waals surface area contributed by atoms with Gasteiger partial charge in [-0.15, -0.1) is 0 Å². The molecule has 0 aliphatic heterocycles. The van der Waals surface area contributed by atoms with Crippen LogP contribution in [0.5, 0.6) is 0 Å². The molecular weight excluding hydrogens is 164 g/mol. The van der Waals surface area contributed by atoms with Crippen molar-refractivity contribution in [3.63, 3.8) is 0 Å². The van der Waals surface area contributed by atoms with E-state index < -0.39 is 20.2 Å². The van der Waals surface area contributed by atoms with Crippen LogP contribution in [0.25, 0.3) is 0 Å². The van der Waals surface area contributed by atoms with E-state index in [0.29, 0.717) is 6.42 Å². The van der Waals surface area contributed by atoms with E-state index in [4.69, 9.17) is 5.26 Å². The summed E-state index contributed by atoms with van der Waals surface area (Å²) in [7, 11) is -4.09. The van der Waals surface area contributed by atoms with Gasteiger partial charge in [-0.05, 0) is 13.0 Å². The molecule has 0 aromatic heterocycles. The first-order valence-electron chi connectivity index (χ1n) is 3.70. The molecule has 0 amide bonds. The summed E-state index contributed by atoms with van der Waals surface area (Å²) in [6.45, 7) is 4.24. The Morgan fingerprint density at radius 2 is 2.00 bits per heavy atom. The Bertz CT molecular complexity index is 159. The molecule has 0 aliphatic rings. The van der Waals surface area contributed by atoms with Crippen LogP contribution in [0.4, 0.5) is 8.22 Å². The first-order valence-corrected chi connectivity index (χ1v) is 6.04. The third-order valence-electron chi connectivity index (χ3n) is 2.01. The maximum Gasteiger partial charge on any atom is 0.426 e. The smallest absolute Gasteiger partial charge is 0.270 e. The van der Waals surface area contributed by atoms with Crippen LogP contribution in [0.1, 0.15) is 20.3 Å². The average molecular weight is 177 g/mol. The Kier molecular flexibility index (Phi) is 3.66. The summed E-state index contributed by atoms with van der Waals surface area (Å²) < 4.78 is 25.5. The molecule has 0 heterocycles. The van der Waals surface area contributed by atoms with Crippen LogP contribution in [0.2, 0.25) is 12.1 Å². The molecule has 2 unspecified atom stereocenters. The van der Waals surface area contributed by atoms with Crippen molar-refractivity contribution in [3.05, 3.63) is 0 Å². The van der Waals surface area contributed by atoms with E-state index in [9.17, 15) is 8.22 Å². The summed E-state index contributed by atoms with van der Waals surface area (Å²) in [5, 5.41) is 8.50. The van der Waals surface area contributed by atoms with Gasteiger partial charge in [0.25, 0.3) is 0 Å². The first kappa shape index (κ1) is 10.6. The highest BCUT2D eigenvalue weighted by atomic mass is 28.4. The van der Waals surface area contributed by atoms with Crippen molar-refractivity contribution in [2.75, 3.05) is 0 Å². The average Bonchev–Trinajstić information content (AvgIpc) is 1.88. The zero-order valence-electron chi connectivity index (χ0n) is 7.06. The molecule has 0 fully saturated rings. The van der Waals surface area contributed by atoms with Gasteiger partial charge in [-0.25, -0.2) is 0 Å². The topological polar surface area (TPSA) is 23.8 Å². The van der Waals surface area contributed by atoms with Crippen LogP contribution >= 0.6 is 0 Å². The van der Waals surface area contributed by atoms with Crippen LogP contribution < -0.4 is 0 Å². The summed E-state index contributed by atoms with van der Waals surface area (Å²) >= 11 is 0. The Labute approximate surface area is 67.4 Å². The van der Waals surface area contributed by atoms with Gasteiger partial charge in [0.1, 0.15) is 0 Å². The zero-order chi connectivity index (χ0) is 9.07. The quantitative estimate of drug-likeness (QED) is 0.480. The van der Waals surface area contributed by atoms with Gasteiger partial charge < -0.3 is 0 Å². The molecule has 0 N–H and O–H groups in total. The van der Waals surface area contributed by atoms with Crippen molar-refractivity contribution >= 4 is 8.74 Å². The molecule has 0 spiro atoms. The van der Waals surface area contributed by atoms with Crippen molar-refractivity contribution in [3.8, 4) is 6.07 Å². The van der Waals surface area contributed by atoms with E-state index in [-0.39, 0.29) is 0 Å². The van der Waals surface area contributed by atoms with Crippen LogP contribution in [0, 0.1) is 17.2 Å². The van der Waals surface area contributed by atoms with Gasteiger partial charge in [0.15, 0.2) is 0 Å². The molecule has 0 bridgehead atoms. The summed E-state index contributed by atoms with van der Waals surface area (Å²) in [4.78, 5) is 0. The zero-order valence-corrected chi connectivity index (χ0v) is 8.06. The number of hydrogen-bond donors (Lipinski definition) is 0.